The molecule has 1 aromatic rings. The highest BCUT2D eigenvalue weighted by Crippen LogP contribution is 2.30. The minimum atomic E-state index is -0.679. The number of benzene rings is 1. The summed E-state index contributed by atoms with van der Waals surface area (Å²) in [6.45, 7) is 6.24. The Morgan fingerprint density at radius 1 is 1.20 bits per heavy atom. The fourth-order valence-electron chi connectivity index (χ4n) is 3.98. The van der Waals surface area contributed by atoms with E-state index in [2.05, 4.69) is 10.6 Å². The monoisotopic (exact) mass is 492 g/mol. The minimum absolute atomic E-state index is 0.000998. The van der Waals surface area contributed by atoms with E-state index in [1.165, 1.54) is 24.1 Å². The van der Waals surface area contributed by atoms with Gasteiger partial charge in [0.2, 0.25) is 0 Å². The average Bonchev–Trinajstić information content (AvgIpc) is 3.10. The summed E-state index contributed by atoms with van der Waals surface area (Å²) in [7, 11) is 1.21. The SMILES string of the molecule is COC(=O)C1=C(Nc2cc(F)ccc2NC2CCN(C(=O)OC(C)(C)C)CC2)C(=O)N(CCO)C1. The third-order valence-electron chi connectivity index (χ3n) is 5.70. The maximum atomic E-state index is 14.1. The van der Waals surface area contributed by atoms with Crippen LogP contribution in [0.4, 0.5) is 20.6 Å². The lowest BCUT2D eigenvalue weighted by atomic mass is 10.0. The number of amides is 2. The minimum Gasteiger partial charge on any atom is -0.466 e. The third kappa shape index (κ3) is 6.62. The fraction of sp³-hybridized carbons (Fsp3) is 0.542. The van der Waals surface area contributed by atoms with Crippen LogP contribution in [0.25, 0.3) is 0 Å². The molecule has 0 bridgehead atoms. The molecule has 1 saturated heterocycles. The zero-order valence-electron chi connectivity index (χ0n) is 20.5. The summed E-state index contributed by atoms with van der Waals surface area (Å²) in [5, 5.41) is 15.5. The molecule has 2 aliphatic heterocycles. The standard InChI is InChI=1S/C24H33FN4O6/c1-24(2,3)35-23(33)28-9-7-16(8-10-28)26-18-6-5-15(25)13-19(18)27-20-17(22(32)34-4)14-29(11-12-30)21(20)31/h5-6,13,16,26-27,30H,7-12,14H2,1-4H3. The average molecular weight is 493 g/mol. The first-order chi connectivity index (χ1) is 16.5. The molecule has 2 aliphatic rings. The Bertz CT molecular complexity index is 998. The Hall–Kier alpha value is -3.34. The fourth-order valence-corrected chi connectivity index (χ4v) is 3.98. The molecule has 0 aromatic heterocycles. The maximum absolute atomic E-state index is 14.1. The largest absolute Gasteiger partial charge is 0.466 e. The van der Waals surface area contributed by atoms with Crippen LogP contribution in [0, 0.1) is 5.82 Å². The van der Waals surface area contributed by atoms with Crippen LogP contribution >= 0.6 is 0 Å². The first-order valence-corrected chi connectivity index (χ1v) is 11.5. The van der Waals surface area contributed by atoms with E-state index in [-0.39, 0.29) is 48.8 Å². The zero-order chi connectivity index (χ0) is 25.8. The quantitative estimate of drug-likeness (QED) is 0.496. The van der Waals surface area contributed by atoms with Crippen LogP contribution in [0.2, 0.25) is 0 Å². The number of β-amino-alcohol motifs (C(OH)–C–C–N with tert-alkyl or cyclic N) is 1. The van der Waals surface area contributed by atoms with E-state index < -0.39 is 23.3 Å². The molecule has 0 spiro atoms. The lowest BCUT2D eigenvalue weighted by molar-refractivity contribution is -0.136. The van der Waals surface area contributed by atoms with Gasteiger partial charge < -0.3 is 35.0 Å². The van der Waals surface area contributed by atoms with Crippen molar-refractivity contribution in [1.82, 2.24) is 9.80 Å². The van der Waals surface area contributed by atoms with Crippen molar-refractivity contribution in [1.29, 1.82) is 0 Å². The molecule has 0 saturated carbocycles. The summed E-state index contributed by atoms with van der Waals surface area (Å²) >= 11 is 0. The van der Waals surface area contributed by atoms with Gasteiger partial charge in [0, 0.05) is 25.7 Å². The maximum Gasteiger partial charge on any atom is 0.410 e. The summed E-state index contributed by atoms with van der Waals surface area (Å²) in [4.78, 5) is 40.4. The van der Waals surface area contributed by atoms with Crippen molar-refractivity contribution in [3.63, 3.8) is 0 Å². The third-order valence-corrected chi connectivity index (χ3v) is 5.70. The van der Waals surface area contributed by atoms with Crippen molar-refractivity contribution in [2.45, 2.75) is 45.3 Å². The van der Waals surface area contributed by atoms with Gasteiger partial charge in [-0.25, -0.2) is 14.0 Å². The number of methoxy groups -OCH3 is 1. The summed E-state index contributed by atoms with van der Waals surface area (Å²) in [5.74, 6) is -1.68. The molecule has 2 amide bonds. The van der Waals surface area contributed by atoms with Gasteiger partial charge in [0.05, 0.1) is 37.2 Å². The zero-order valence-corrected chi connectivity index (χ0v) is 20.5. The van der Waals surface area contributed by atoms with E-state index in [0.29, 0.717) is 31.6 Å². The lowest BCUT2D eigenvalue weighted by Gasteiger charge is -2.34. The number of halogens is 1. The first kappa shape index (κ1) is 26.3. The molecule has 3 rings (SSSR count). The van der Waals surface area contributed by atoms with Crippen LogP contribution in [0.15, 0.2) is 29.5 Å². The molecule has 35 heavy (non-hydrogen) atoms. The number of hydrogen-bond acceptors (Lipinski definition) is 8. The number of rotatable bonds is 7. The molecule has 10 nitrogen and oxygen atoms in total. The topological polar surface area (TPSA) is 120 Å². The highest BCUT2D eigenvalue weighted by atomic mass is 19.1. The number of likely N-dealkylation sites (tertiary alicyclic amines) is 1. The summed E-state index contributed by atoms with van der Waals surface area (Å²) in [6.07, 6.45) is 0.944. The van der Waals surface area contributed by atoms with Crippen molar-refractivity contribution in [3.05, 3.63) is 35.3 Å². The second kappa shape index (κ2) is 10.9. The molecule has 192 valence electrons. The van der Waals surface area contributed by atoms with Gasteiger partial charge in [0.1, 0.15) is 17.1 Å². The van der Waals surface area contributed by atoms with Crippen LogP contribution in [-0.2, 0) is 19.1 Å². The van der Waals surface area contributed by atoms with E-state index in [4.69, 9.17) is 9.47 Å². The number of nitrogens with zero attached hydrogens (tertiary/aromatic N) is 2. The van der Waals surface area contributed by atoms with E-state index >= 15 is 0 Å². The molecule has 11 heteroatoms. The number of aliphatic hydroxyl groups excluding tert-OH is 1. The summed E-state index contributed by atoms with van der Waals surface area (Å²) in [6, 6.07) is 4.09. The van der Waals surface area contributed by atoms with Crippen LogP contribution < -0.4 is 10.6 Å². The molecular weight excluding hydrogens is 459 g/mol. The van der Waals surface area contributed by atoms with Gasteiger partial charge in [0.15, 0.2) is 0 Å². The van der Waals surface area contributed by atoms with Gasteiger partial charge >= 0.3 is 12.1 Å². The molecular formula is C24H33FN4O6. The number of ether oxygens (including phenoxy) is 2. The number of carbonyl (C=O) groups excluding carboxylic acids is 3. The van der Waals surface area contributed by atoms with E-state index in [9.17, 15) is 23.9 Å². The highest BCUT2D eigenvalue weighted by molar-refractivity contribution is 6.09. The van der Waals surface area contributed by atoms with Gasteiger partial charge in [-0.2, -0.15) is 0 Å². The smallest absolute Gasteiger partial charge is 0.410 e. The number of carbonyl (C=O) groups is 3. The number of aliphatic hydroxyl groups is 1. The Labute approximate surface area is 204 Å². The Morgan fingerprint density at radius 2 is 1.89 bits per heavy atom. The van der Waals surface area contributed by atoms with Crippen molar-refractivity contribution >= 4 is 29.3 Å². The molecule has 0 radical (unpaired) electrons. The van der Waals surface area contributed by atoms with Gasteiger partial charge in [-0.05, 0) is 51.8 Å². The first-order valence-electron chi connectivity index (χ1n) is 11.5. The molecule has 1 fully saturated rings. The molecule has 0 aliphatic carbocycles. The second-order valence-corrected chi connectivity index (χ2v) is 9.50. The molecule has 0 unspecified atom stereocenters. The van der Waals surface area contributed by atoms with Crippen LogP contribution in [-0.4, -0.2) is 84.4 Å². The normalized spacial score (nSPS) is 17.0. The Balaban J connectivity index is 1.74. The lowest BCUT2D eigenvalue weighted by Crippen LogP contribution is -2.44. The number of nitrogens with one attached hydrogen (secondary N) is 2. The summed E-state index contributed by atoms with van der Waals surface area (Å²) in [5.41, 5.74) is 0.358. The highest BCUT2D eigenvalue weighted by Gasteiger charge is 2.35. The molecule has 2 heterocycles. The Kier molecular flexibility index (Phi) is 8.21. The van der Waals surface area contributed by atoms with Crippen LogP contribution in [0.1, 0.15) is 33.6 Å². The van der Waals surface area contributed by atoms with Crippen molar-refractivity contribution in [2.24, 2.45) is 0 Å². The second-order valence-electron chi connectivity index (χ2n) is 9.50. The van der Waals surface area contributed by atoms with E-state index in [0.717, 1.165) is 0 Å². The molecule has 1 aromatic carbocycles. The molecule has 0 atom stereocenters. The number of esters is 1. The molecule has 3 N–H and O–H groups in total. The predicted octanol–water partition coefficient (Wildman–Crippen LogP) is 2.31. The number of anilines is 2. The number of piperidine rings is 1. The van der Waals surface area contributed by atoms with Crippen molar-refractivity contribution in [2.75, 3.05) is 50.5 Å². The predicted molar refractivity (Wildman–Crippen MR) is 127 cm³/mol. The summed E-state index contributed by atoms with van der Waals surface area (Å²) < 4.78 is 24.4. The number of hydrogen-bond donors (Lipinski definition) is 3. The van der Waals surface area contributed by atoms with Crippen LogP contribution in [0.5, 0.6) is 0 Å². The van der Waals surface area contributed by atoms with Crippen LogP contribution in [0.3, 0.4) is 0 Å². The van der Waals surface area contributed by atoms with Crippen molar-refractivity contribution in [3.8, 4) is 0 Å². The Morgan fingerprint density at radius 3 is 2.49 bits per heavy atom. The van der Waals surface area contributed by atoms with Gasteiger partial charge in [0.25, 0.3) is 5.91 Å². The van der Waals surface area contributed by atoms with Crippen molar-refractivity contribution < 1.29 is 33.4 Å². The van der Waals surface area contributed by atoms with Gasteiger partial charge in [-0.1, -0.05) is 0 Å². The van der Waals surface area contributed by atoms with Gasteiger partial charge in [-0.15, -0.1) is 0 Å². The van der Waals surface area contributed by atoms with E-state index in [1.54, 1.807) is 11.0 Å². The van der Waals surface area contributed by atoms with Gasteiger partial charge in [-0.3, -0.25) is 4.79 Å². The van der Waals surface area contributed by atoms with E-state index in [1.807, 2.05) is 20.8 Å².